The van der Waals surface area contributed by atoms with Crippen LogP contribution in [0.25, 0.3) is 16.6 Å². The zero-order chi connectivity index (χ0) is 21.7. The second kappa shape index (κ2) is 7.89. The highest BCUT2D eigenvalue weighted by atomic mass is 79.9. The lowest BCUT2D eigenvalue weighted by Gasteiger charge is -2.31. The second-order valence-corrected chi connectivity index (χ2v) is 9.76. The molecule has 1 saturated carbocycles. The summed E-state index contributed by atoms with van der Waals surface area (Å²) in [6, 6.07) is 16.4. The number of carbonyl (C=O) groups excluding carboxylic acids is 1. The number of amides is 1. The maximum atomic E-state index is 13.5. The number of halogens is 1. The Labute approximate surface area is 194 Å². The largest absolute Gasteiger partial charge is 0.361 e. The van der Waals surface area contributed by atoms with Crippen molar-refractivity contribution in [1.29, 1.82) is 0 Å². The van der Waals surface area contributed by atoms with Gasteiger partial charge in [0.15, 0.2) is 5.69 Å². The Morgan fingerprint density at radius 2 is 1.72 bits per heavy atom. The first-order valence-corrected chi connectivity index (χ1v) is 12.0. The number of likely N-dealkylation sites (tertiary alicyclic amines) is 1. The predicted octanol–water partition coefficient (Wildman–Crippen LogP) is 5.41. The number of benzene rings is 2. The third-order valence-corrected chi connectivity index (χ3v) is 7.31. The molecule has 162 valence electrons. The Kier molecular flexibility index (Phi) is 4.86. The number of carbonyl (C=O) groups is 1. The van der Waals surface area contributed by atoms with Gasteiger partial charge in [0, 0.05) is 40.6 Å². The van der Waals surface area contributed by atoms with Crippen molar-refractivity contribution in [2.24, 2.45) is 0 Å². The molecule has 2 aromatic carbocycles. The lowest BCUT2D eigenvalue weighted by molar-refractivity contribution is 0.0706. The first-order valence-electron chi connectivity index (χ1n) is 11.3. The first kappa shape index (κ1) is 19.7. The monoisotopic (exact) mass is 489 g/mol. The van der Waals surface area contributed by atoms with Gasteiger partial charge in [-0.05, 0) is 67.5 Å². The van der Waals surface area contributed by atoms with Gasteiger partial charge in [-0.2, -0.15) is 0 Å². The number of para-hydroxylation sites is 1. The Bertz CT molecular complexity index is 1280. The molecule has 32 heavy (non-hydrogen) atoms. The van der Waals surface area contributed by atoms with Crippen molar-refractivity contribution in [1.82, 2.24) is 24.9 Å². The molecule has 7 heteroatoms. The van der Waals surface area contributed by atoms with Gasteiger partial charge in [0.25, 0.3) is 5.91 Å². The number of hydrogen-bond donors (Lipinski definition) is 1. The highest BCUT2D eigenvalue weighted by Crippen LogP contribution is 2.42. The molecule has 0 spiro atoms. The molecular weight excluding hydrogens is 466 g/mol. The number of nitrogens with zero attached hydrogens (tertiary/aromatic N) is 4. The van der Waals surface area contributed by atoms with Crippen molar-refractivity contribution in [3.8, 4) is 5.69 Å². The smallest absolute Gasteiger partial charge is 0.276 e. The molecule has 1 N–H and O–H groups in total. The van der Waals surface area contributed by atoms with Crippen molar-refractivity contribution < 1.29 is 4.79 Å². The molecule has 1 aliphatic heterocycles. The van der Waals surface area contributed by atoms with Gasteiger partial charge in [-0.15, -0.1) is 5.10 Å². The van der Waals surface area contributed by atoms with Crippen molar-refractivity contribution >= 4 is 32.7 Å². The van der Waals surface area contributed by atoms with E-state index in [0.717, 1.165) is 54.6 Å². The summed E-state index contributed by atoms with van der Waals surface area (Å²) in [6.07, 6.45) is 6.25. The Morgan fingerprint density at radius 3 is 2.47 bits per heavy atom. The maximum Gasteiger partial charge on any atom is 0.276 e. The van der Waals surface area contributed by atoms with Crippen molar-refractivity contribution in [2.45, 2.75) is 37.5 Å². The van der Waals surface area contributed by atoms with Gasteiger partial charge in [0.1, 0.15) is 0 Å². The summed E-state index contributed by atoms with van der Waals surface area (Å²) in [5.41, 5.74) is 4.99. The molecule has 1 aliphatic carbocycles. The number of fused-ring (bicyclic) bond motifs is 1. The highest BCUT2D eigenvalue weighted by Gasteiger charge is 2.36. The standard InChI is InChI=1S/C25H24BrN5O/c26-18-7-9-19(10-8-18)31-24(17-5-6-17)23(28-29-31)25(32)30-13-11-16(12-14-30)21-15-27-22-4-2-1-3-20(21)22/h1-4,7-10,15-17,27H,5-6,11-14H2. The van der Waals surface area contributed by atoms with Crippen molar-refractivity contribution in [2.75, 3.05) is 13.1 Å². The lowest BCUT2D eigenvalue weighted by atomic mass is 9.89. The van der Waals surface area contributed by atoms with Crippen LogP contribution in [-0.2, 0) is 0 Å². The average Bonchev–Trinajstić information content (AvgIpc) is 3.42. The fourth-order valence-electron chi connectivity index (χ4n) is 4.91. The van der Waals surface area contributed by atoms with Crippen LogP contribution in [-0.4, -0.2) is 43.9 Å². The summed E-state index contributed by atoms with van der Waals surface area (Å²) in [5.74, 6) is 0.862. The van der Waals surface area contributed by atoms with E-state index in [-0.39, 0.29) is 5.91 Å². The van der Waals surface area contributed by atoms with E-state index in [1.165, 1.54) is 16.5 Å². The van der Waals surface area contributed by atoms with E-state index >= 15 is 0 Å². The van der Waals surface area contributed by atoms with E-state index in [0.29, 0.717) is 17.5 Å². The van der Waals surface area contributed by atoms with Gasteiger partial charge in [-0.1, -0.05) is 39.3 Å². The molecule has 0 unspecified atom stereocenters. The average molecular weight is 490 g/mol. The third kappa shape index (κ3) is 3.45. The number of aromatic nitrogens is 4. The summed E-state index contributed by atoms with van der Waals surface area (Å²) < 4.78 is 2.87. The van der Waals surface area contributed by atoms with Crippen LogP contribution in [0.3, 0.4) is 0 Å². The quantitative estimate of drug-likeness (QED) is 0.416. The molecule has 1 saturated heterocycles. The molecule has 3 heterocycles. The minimum absolute atomic E-state index is 0.0210. The van der Waals surface area contributed by atoms with Gasteiger partial charge in [0.2, 0.25) is 0 Å². The summed E-state index contributed by atoms with van der Waals surface area (Å²) in [5, 5.41) is 10.0. The van der Waals surface area contributed by atoms with Gasteiger partial charge in [-0.3, -0.25) is 4.79 Å². The second-order valence-electron chi connectivity index (χ2n) is 8.84. The van der Waals surface area contributed by atoms with Crippen LogP contribution in [0.2, 0.25) is 0 Å². The maximum absolute atomic E-state index is 13.5. The molecular formula is C25H24BrN5O. The van der Waals surface area contributed by atoms with E-state index in [2.05, 4.69) is 61.7 Å². The molecule has 6 nitrogen and oxygen atoms in total. The first-order chi connectivity index (χ1) is 15.7. The molecule has 1 amide bonds. The van der Waals surface area contributed by atoms with Gasteiger partial charge in [-0.25, -0.2) is 4.68 Å². The van der Waals surface area contributed by atoms with Gasteiger partial charge >= 0.3 is 0 Å². The van der Waals surface area contributed by atoms with Gasteiger partial charge in [0.05, 0.1) is 11.4 Å². The molecule has 0 radical (unpaired) electrons. The molecule has 0 bridgehead atoms. The van der Waals surface area contributed by atoms with Crippen LogP contribution in [0.1, 0.15) is 59.3 Å². The summed E-state index contributed by atoms with van der Waals surface area (Å²) in [6.45, 7) is 1.50. The molecule has 0 atom stereocenters. The Hall–Kier alpha value is -2.93. The van der Waals surface area contributed by atoms with Gasteiger partial charge < -0.3 is 9.88 Å². The van der Waals surface area contributed by atoms with Crippen molar-refractivity contribution in [3.63, 3.8) is 0 Å². The fraction of sp³-hybridized carbons (Fsp3) is 0.320. The number of H-pyrrole nitrogens is 1. The zero-order valence-electron chi connectivity index (χ0n) is 17.7. The molecule has 2 aliphatic rings. The number of aromatic amines is 1. The highest BCUT2D eigenvalue weighted by molar-refractivity contribution is 9.10. The van der Waals surface area contributed by atoms with Crippen molar-refractivity contribution in [3.05, 3.63) is 76.2 Å². The van der Waals surface area contributed by atoms with Crippen LogP contribution >= 0.6 is 15.9 Å². The molecule has 2 aromatic heterocycles. The molecule has 6 rings (SSSR count). The SMILES string of the molecule is O=C(c1nnn(-c2ccc(Br)cc2)c1C1CC1)N1CCC(c2c[nH]c3ccccc23)CC1. The normalized spacial score (nSPS) is 17.2. The summed E-state index contributed by atoms with van der Waals surface area (Å²) in [4.78, 5) is 18.8. The number of hydrogen-bond acceptors (Lipinski definition) is 3. The minimum atomic E-state index is 0.0210. The van der Waals surface area contributed by atoms with E-state index in [1.54, 1.807) is 0 Å². The van der Waals surface area contributed by atoms with Crippen LogP contribution in [0.5, 0.6) is 0 Å². The van der Waals surface area contributed by atoms with E-state index in [9.17, 15) is 4.79 Å². The molecule has 4 aromatic rings. The summed E-state index contributed by atoms with van der Waals surface area (Å²) >= 11 is 3.48. The fourth-order valence-corrected chi connectivity index (χ4v) is 5.18. The Morgan fingerprint density at radius 1 is 0.969 bits per heavy atom. The number of piperidine rings is 1. The lowest BCUT2D eigenvalue weighted by Crippen LogP contribution is -2.38. The Balaban J connectivity index is 1.22. The minimum Gasteiger partial charge on any atom is -0.361 e. The molecule has 2 fully saturated rings. The third-order valence-electron chi connectivity index (χ3n) is 6.79. The zero-order valence-corrected chi connectivity index (χ0v) is 19.3. The van der Waals surface area contributed by atoms with E-state index in [1.807, 2.05) is 33.8 Å². The topological polar surface area (TPSA) is 66.8 Å². The van der Waals surface area contributed by atoms with Crippen LogP contribution in [0.15, 0.2) is 59.2 Å². The number of rotatable bonds is 4. The van der Waals surface area contributed by atoms with E-state index in [4.69, 9.17) is 0 Å². The van der Waals surface area contributed by atoms with E-state index < -0.39 is 0 Å². The summed E-state index contributed by atoms with van der Waals surface area (Å²) in [7, 11) is 0. The van der Waals surface area contributed by atoms with Crippen LogP contribution in [0.4, 0.5) is 0 Å². The van der Waals surface area contributed by atoms with Crippen LogP contribution in [0, 0.1) is 0 Å². The predicted molar refractivity (Wildman–Crippen MR) is 127 cm³/mol. The van der Waals surface area contributed by atoms with Crippen LogP contribution < -0.4 is 0 Å². The number of nitrogens with one attached hydrogen (secondary N) is 1.